The summed E-state index contributed by atoms with van der Waals surface area (Å²) in [6.45, 7) is 4.52. The average molecular weight is 253 g/mol. The molecule has 2 rings (SSSR count). The quantitative estimate of drug-likeness (QED) is 0.702. The van der Waals surface area contributed by atoms with Crippen molar-refractivity contribution in [3.63, 3.8) is 0 Å². The number of hydrogen-bond acceptors (Lipinski definition) is 6. The molecule has 4 N–H and O–H groups in total. The van der Waals surface area contributed by atoms with Gasteiger partial charge in [-0.15, -0.1) is 0 Å². The smallest absolute Gasteiger partial charge is 0.239 e. The first-order valence-electron chi connectivity index (χ1n) is 6.01. The van der Waals surface area contributed by atoms with E-state index in [4.69, 9.17) is 10.5 Å². The highest BCUT2D eigenvalue weighted by molar-refractivity contribution is 5.55. The molecule has 0 saturated carbocycles. The number of hydrogen-bond donors (Lipinski definition) is 3. The Morgan fingerprint density at radius 3 is 2.50 bits per heavy atom. The number of nitrogens with two attached hydrogens (primary N) is 1. The third kappa shape index (κ3) is 2.65. The van der Waals surface area contributed by atoms with E-state index in [1.54, 1.807) is 12.1 Å². The molecule has 1 aliphatic rings. The van der Waals surface area contributed by atoms with Crippen molar-refractivity contribution in [2.45, 2.75) is 32.2 Å². The first kappa shape index (κ1) is 12.9. The molecule has 0 radical (unpaired) electrons. The Hall–Kier alpha value is -1.53. The molecule has 1 saturated heterocycles. The molecule has 18 heavy (non-hydrogen) atoms. The number of rotatable bonds is 3. The predicted octanol–water partition coefficient (Wildman–Crippen LogP) is -0.00720. The van der Waals surface area contributed by atoms with E-state index in [1.807, 2.05) is 18.7 Å². The minimum Gasteiger partial charge on any atom is -0.473 e. The van der Waals surface area contributed by atoms with Crippen LogP contribution in [0.5, 0.6) is 5.88 Å². The lowest BCUT2D eigenvalue weighted by Crippen LogP contribution is -2.22. The van der Waals surface area contributed by atoms with Gasteiger partial charge in [0.25, 0.3) is 0 Å². The molecule has 100 valence electrons. The SMILES string of the molecule is CC(C)Oc1nc(N2CC(O)C(O)C2)ccc1N. The van der Waals surface area contributed by atoms with Crippen molar-refractivity contribution < 1.29 is 14.9 Å². The van der Waals surface area contributed by atoms with Crippen molar-refractivity contribution in [3.05, 3.63) is 12.1 Å². The largest absolute Gasteiger partial charge is 0.473 e. The molecule has 0 aliphatic carbocycles. The number of nitrogen functional groups attached to an aromatic ring is 1. The highest BCUT2D eigenvalue weighted by atomic mass is 16.5. The van der Waals surface area contributed by atoms with Gasteiger partial charge < -0.3 is 25.6 Å². The number of nitrogens with zero attached hydrogens (tertiary/aromatic N) is 2. The Balaban J connectivity index is 2.19. The molecule has 1 aliphatic heterocycles. The summed E-state index contributed by atoms with van der Waals surface area (Å²) in [6, 6.07) is 3.48. The summed E-state index contributed by atoms with van der Waals surface area (Å²) in [5, 5.41) is 19.0. The van der Waals surface area contributed by atoms with E-state index in [0.29, 0.717) is 30.5 Å². The normalized spacial score (nSPS) is 23.7. The van der Waals surface area contributed by atoms with E-state index in [2.05, 4.69) is 4.98 Å². The summed E-state index contributed by atoms with van der Waals surface area (Å²) in [5.74, 6) is 1.04. The Bertz CT molecular complexity index is 415. The number of aliphatic hydroxyl groups excluding tert-OH is 2. The minimum absolute atomic E-state index is 0.00944. The molecular formula is C12H19N3O3. The fourth-order valence-corrected chi connectivity index (χ4v) is 1.89. The molecule has 1 fully saturated rings. The van der Waals surface area contributed by atoms with Crippen LogP contribution in [0.25, 0.3) is 0 Å². The zero-order valence-electron chi connectivity index (χ0n) is 10.6. The van der Waals surface area contributed by atoms with Gasteiger partial charge in [-0.2, -0.15) is 4.98 Å². The topological polar surface area (TPSA) is 91.8 Å². The van der Waals surface area contributed by atoms with Crippen LogP contribution < -0.4 is 15.4 Å². The zero-order valence-corrected chi connectivity index (χ0v) is 10.6. The second-order valence-electron chi connectivity index (χ2n) is 4.77. The van der Waals surface area contributed by atoms with Crippen LogP contribution in [0.2, 0.25) is 0 Å². The summed E-state index contributed by atoms with van der Waals surface area (Å²) >= 11 is 0. The number of anilines is 2. The maximum atomic E-state index is 9.52. The van der Waals surface area contributed by atoms with Crippen LogP contribution in [0.15, 0.2) is 12.1 Å². The van der Waals surface area contributed by atoms with Gasteiger partial charge in [-0.3, -0.25) is 0 Å². The molecule has 2 atom stereocenters. The van der Waals surface area contributed by atoms with Crippen molar-refractivity contribution in [3.8, 4) is 5.88 Å². The zero-order chi connectivity index (χ0) is 13.3. The summed E-state index contributed by atoms with van der Waals surface area (Å²) in [4.78, 5) is 6.13. The number of aromatic nitrogens is 1. The third-order valence-corrected chi connectivity index (χ3v) is 2.81. The van der Waals surface area contributed by atoms with Gasteiger partial charge in [0, 0.05) is 13.1 Å². The maximum Gasteiger partial charge on any atom is 0.239 e. The van der Waals surface area contributed by atoms with E-state index < -0.39 is 12.2 Å². The maximum absolute atomic E-state index is 9.52. The van der Waals surface area contributed by atoms with Crippen molar-refractivity contribution in [2.24, 2.45) is 0 Å². The van der Waals surface area contributed by atoms with Gasteiger partial charge in [0.1, 0.15) is 5.82 Å². The van der Waals surface area contributed by atoms with Crippen LogP contribution in [0, 0.1) is 0 Å². The average Bonchev–Trinajstić information content (AvgIpc) is 2.62. The predicted molar refractivity (Wildman–Crippen MR) is 68.6 cm³/mol. The van der Waals surface area contributed by atoms with E-state index in [9.17, 15) is 10.2 Å². The number of pyridine rings is 1. The van der Waals surface area contributed by atoms with E-state index >= 15 is 0 Å². The van der Waals surface area contributed by atoms with Crippen molar-refractivity contribution in [2.75, 3.05) is 23.7 Å². The third-order valence-electron chi connectivity index (χ3n) is 2.81. The monoisotopic (exact) mass is 253 g/mol. The van der Waals surface area contributed by atoms with Crippen LogP contribution in [-0.2, 0) is 0 Å². The number of ether oxygens (including phenoxy) is 1. The van der Waals surface area contributed by atoms with Crippen molar-refractivity contribution in [1.29, 1.82) is 0 Å². The molecule has 2 unspecified atom stereocenters. The Morgan fingerprint density at radius 2 is 1.94 bits per heavy atom. The molecule has 0 amide bonds. The van der Waals surface area contributed by atoms with Crippen molar-refractivity contribution >= 4 is 11.5 Å². The second-order valence-corrected chi connectivity index (χ2v) is 4.77. The van der Waals surface area contributed by atoms with Crippen LogP contribution in [0.4, 0.5) is 11.5 Å². The highest BCUT2D eigenvalue weighted by Crippen LogP contribution is 2.26. The first-order valence-corrected chi connectivity index (χ1v) is 6.01. The molecule has 0 spiro atoms. The molecular weight excluding hydrogens is 234 g/mol. The summed E-state index contributed by atoms with van der Waals surface area (Å²) in [5.41, 5.74) is 6.27. The van der Waals surface area contributed by atoms with Gasteiger partial charge in [0.2, 0.25) is 5.88 Å². The molecule has 6 heteroatoms. The van der Waals surface area contributed by atoms with E-state index in [0.717, 1.165) is 0 Å². The van der Waals surface area contributed by atoms with Crippen LogP contribution in [-0.4, -0.2) is 46.6 Å². The molecule has 0 bridgehead atoms. The van der Waals surface area contributed by atoms with Crippen LogP contribution in [0.1, 0.15) is 13.8 Å². The lowest BCUT2D eigenvalue weighted by atomic mass is 10.3. The summed E-state index contributed by atoms with van der Waals surface area (Å²) in [7, 11) is 0. The number of aliphatic hydroxyl groups is 2. The van der Waals surface area contributed by atoms with Gasteiger partial charge >= 0.3 is 0 Å². The standard InChI is InChI=1S/C12H19N3O3/c1-7(2)18-12-8(13)3-4-11(14-12)15-5-9(16)10(17)6-15/h3-4,7,9-10,16-17H,5-6,13H2,1-2H3. The Kier molecular flexibility index (Phi) is 3.58. The van der Waals surface area contributed by atoms with Gasteiger partial charge in [0.05, 0.1) is 24.0 Å². The fraction of sp³-hybridized carbons (Fsp3) is 0.583. The molecule has 2 heterocycles. The molecule has 1 aromatic rings. The van der Waals surface area contributed by atoms with Crippen molar-refractivity contribution in [1.82, 2.24) is 4.98 Å². The van der Waals surface area contributed by atoms with Crippen LogP contribution in [0.3, 0.4) is 0 Å². The molecule has 6 nitrogen and oxygen atoms in total. The van der Waals surface area contributed by atoms with Crippen LogP contribution >= 0.6 is 0 Å². The van der Waals surface area contributed by atoms with Gasteiger partial charge in [-0.05, 0) is 26.0 Å². The fourth-order valence-electron chi connectivity index (χ4n) is 1.89. The lowest BCUT2D eigenvalue weighted by Gasteiger charge is -2.18. The summed E-state index contributed by atoms with van der Waals surface area (Å²) < 4.78 is 5.51. The van der Waals surface area contributed by atoms with E-state index in [-0.39, 0.29) is 6.10 Å². The highest BCUT2D eigenvalue weighted by Gasteiger charge is 2.30. The van der Waals surface area contributed by atoms with Gasteiger partial charge in [-0.1, -0.05) is 0 Å². The summed E-state index contributed by atoms with van der Waals surface area (Å²) in [6.07, 6.45) is -1.48. The van der Waals surface area contributed by atoms with Gasteiger partial charge in [0.15, 0.2) is 0 Å². The number of β-amino-alcohol motifs (C(OH)–C–C–N with tert-alkyl or cyclic N) is 2. The minimum atomic E-state index is -0.737. The lowest BCUT2D eigenvalue weighted by molar-refractivity contribution is 0.0572. The Morgan fingerprint density at radius 1 is 1.33 bits per heavy atom. The van der Waals surface area contributed by atoms with E-state index in [1.165, 1.54) is 0 Å². The molecule has 0 aromatic carbocycles. The Labute approximate surface area is 106 Å². The molecule has 1 aromatic heterocycles. The second kappa shape index (κ2) is 4.99. The van der Waals surface area contributed by atoms with Gasteiger partial charge in [-0.25, -0.2) is 0 Å². The first-order chi connectivity index (χ1) is 8.47.